The van der Waals surface area contributed by atoms with Crippen LogP contribution in [0.4, 0.5) is 17.1 Å². The molecule has 2 aromatic carbocycles. The number of amides is 1. The molecule has 188 valence electrons. The molecule has 2 aromatic rings. The number of nitrogens with zero attached hydrogens (tertiary/aromatic N) is 2. The lowest BCUT2D eigenvalue weighted by atomic mass is 9.69. The maximum Gasteiger partial charge on any atom is 0.435 e. The van der Waals surface area contributed by atoms with Gasteiger partial charge in [0.25, 0.3) is 5.60 Å². The van der Waals surface area contributed by atoms with E-state index in [-0.39, 0.29) is 50.3 Å². The van der Waals surface area contributed by atoms with Gasteiger partial charge < -0.3 is 9.74 Å². The Morgan fingerprint density at radius 3 is 2.14 bits per heavy atom. The standard InChI is InChI=1S/C23H19Cl3F4N2O2S/c1-32(2)20(33)13-9-21(10-13,35-30)14-5-3-12(4-6-14)18-11-22(34-31-18,23(27,28)29)15-7-16(24)19(26)17(25)8-15/h3-8,13H,9-11H2,1-2H3. The molecule has 4 nitrogen and oxygen atoms in total. The van der Waals surface area contributed by atoms with Crippen LogP contribution in [0, 0.1) is 5.92 Å². The Hall–Kier alpha value is -1.68. The lowest BCUT2D eigenvalue weighted by Gasteiger charge is -2.44. The highest BCUT2D eigenvalue weighted by Crippen LogP contribution is 2.56. The zero-order chi connectivity index (χ0) is 25.8. The van der Waals surface area contributed by atoms with E-state index >= 15 is 0 Å². The van der Waals surface area contributed by atoms with Gasteiger partial charge in [0.15, 0.2) is 0 Å². The first-order chi connectivity index (χ1) is 16.3. The Kier molecular flexibility index (Phi) is 7.03. The van der Waals surface area contributed by atoms with Crippen LogP contribution in [0.25, 0.3) is 0 Å². The molecule has 0 bridgehead atoms. The van der Waals surface area contributed by atoms with Crippen LogP contribution >= 0.6 is 47.0 Å². The zero-order valence-corrected chi connectivity index (χ0v) is 21.5. The number of halogens is 7. The molecular formula is C23H19Cl3F4N2O2S. The van der Waals surface area contributed by atoms with E-state index in [0.717, 1.165) is 12.1 Å². The average molecular weight is 570 g/mol. The largest absolute Gasteiger partial charge is 0.435 e. The van der Waals surface area contributed by atoms with Gasteiger partial charge in [-0.3, -0.25) is 4.79 Å². The minimum absolute atomic E-state index is 0.0605. The molecule has 12 heteroatoms. The summed E-state index contributed by atoms with van der Waals surface area (Å²) in [5.41, 5.74) is -2.01. The van der Waals surface area contributed by atoms with E-state index in [9.17, 15) is 21.9 Å². The highest BCUT2D eigenvalue weighted by Gasteiger charge is 2.62. The molecule has 4 rings (SSSR count). The van der Waals surface area contributed by atoms with Crippen molar-refractivity contribution in [3.05, 3.63) is 68.2 Å². The summed E-state index contributed by atoms with van der Waals surface area (Å²) in [6, 6.07) is 8.56. The summed E-state index contributed by atoms with van der Waals surface area (Å²) in [4.78, 5) is 18.7. The van der Waals surface area contributed by atoms with Crippen LogP contribution in [0.15, 0.2) is 41.6 Å². The summed E-state index contributed by atoms with van der Waals surface area (Å²) in [5, 5.41) is 3.39. The van der Waals surface area contributed by atoms with E-state index in [1.165, 1.54) is 4.90 Å². The minimum atomic E-state index is -4.84. The quantitative estimate of drug-likeness (QED) is 0.276. The molecule has 0 spiro atoms. The topological polar surface area (TPSA) is 41.9 Å². The first kappa shape index (κ1) is 26.4. The van der Waals surface area contributed by atoms with Crippen molar-refractivity contribution < 1.29 is 26.7 Å². The van der Waals surface area contributed by atoms with Crippen molar-refractivity contribution >= 4 is 58.6 Å². The number of alkyl halides is 3. The number of hydrogen-bond donors (Lipinski definition) is 0. The third-order valence-electron chi connectivity index (χ3n) is 6.47. The highest BCUT2D eigenvalue weighted by molar-refractivity contribution is 7.95. The second kappa shape index (κ2) is 9.32. The van der Waals surface area contributed by atoms with Crippen LogP contribution in [0.5, 0.6) is 0 Å². The molecule has 1 unspecified atom stereocenters. The maximum atomic E-state index is 14.2. The fraction of sp³-hybridized carbons (Fsp3) is 0.391. The normalized spacial score (nSPS) is 26.1. The van der Waals surface area contributed by atoms with Crippen molar-refractivity contribution in [2.24, 2.45) is 11.1 Å². The van der Waals surface area contributed by atoms with E-state index < -0.39 is 22.9 Å². The van der Waals surface area contributed by atoms with Gasteiger partial charge in [0, 0.05) is 32.0 Å². The molecule has 0 radical (unpaired) electrons. The van der Waals surface area contributed by atoms with Crippen molar-refractivity contribution in [2.45, 2.75) is 35.8 Å². The molecule has 2 aliphatic rings. The van der Waals surface area contributed by atoms with Crippen LogP contribution in [0.3, 0.4) is 0 Å². The Bertz CT molecular complexity index is 1160. The Morgan fingerprint density at radius 1 is 1.09 bits per heavy atom. The lowest BCUT2D eigenvalue weighted by molar-refractivity contribution is -0.275. The number of rotatable bonds is 5. The molecule has 1 amide bonds. The smallest absolute Gasteiger partial charge is 0.374 e. The highest BCUT2D eigenvalue weighted by atomic mass is 35.5. The Labute approximate surface area is 218 Å². The average Bonchev–Trinajstić information content (AvgIpc) is 3.24. The second-order valence-corrected chi connectivity index (χ2v) is 11.0. The van der Waals surface area contributed by atoms with Gasteiger partial charge in [0.1, 0.15) is 0 Å². The van der Waals surface area contributed by atoms with Gasteiger partial charge in [-0.15, -0.1) is 0 Å². The molecule has 1 heterocycles. The van der Waals surface area contributed by atoms with Crippen molar-refractivity contribution in [3.63, 3.8) is 0 Å². The van der Waals surface area contributed by atoms with Gasteiger partial charge in [-0.25, -0.2) is 0 Å². The third-order valence-corrected chi connectivity index (χ3v) is 8.53. The first-order valence-electron chi connectivity index (χ1n) is 10.4. The molecule has 1 atom stereocenters. The minimum Gasteiger partial charge on any atom is -0.374 e. The van der Waals surface area contributed by atoms with Gasteiger partial charge in [-0.1, -0.05) is 64.2 Å². The third kappa shape index (κ3) is 4.49. The summed E-state index contributed by atoms with van der Waals surface area (Å²) in [6.45, 7) is 0. The van der Waals surface area contributed by atoms with Crippen molar-refractivity contribution in [2.75, 3.05) is 14.1 Å². The van der Waals surface area contributed by atoms with E-state index in [1.54, 1.807) is 38.4 Å². The van der Waals surface area contributed by atoms with E-state index in [1.807, 2.05) is 0 Å². The van der Waals surface area contributed by atoms with Gasteiger partial charge in [0.2, 0.25) is 5.91 Å². The molecule has 1 aliphatic carbocycles. The van der Waals surface area contributed by atoms with E-state index in [2.05, 4.69) is 5.16 Å². The summed E-state index contributed by atoms with van der Waals surface area (Å²) >= 11 is 18.0. The maximum absolute atomic E-state index is 14.2. The second-order valence-electron chi connectivity index (χ2n) is 8.87. The molecule has 1 saturated carbocycles. The molecule has 0 aromatic heterocycles. The monoisotopic (exact) mass is 568 g/mol. The predicted octanol–water partition coefficient (Wildman–Crippen LogP) is 7.54. The SMILES string of the molecule is CN(C)C(=O)C1CC(SF)(c2ccc(C3=NOC(c4cc(Cl)c(Cl)c(Cl)c4)(C(F)(F)F)C3)cc2)C1. The molecule has 0 saturated heterocycles. The van der Waals surface area contributed by atoms with E-state index in [0.29, 0.717) is 24.0 Å². The number of benzene rings is 2. The number of carbonyl (C=O) groups excluding carboxylic acids is 1. The Morgan fingerprint density at radius 2 is 1.66 bits per heavy atom. The zero-order valence-electron chi connectivity index (χ0n) is 18.4. The predicted molar refractivity (Wildman–Crippen MR) is 130 cm³/mol. The fourth-order valence-corrected chi connectivity index (χ4v) is 5.78. The summed E-state index contributed by atoms with van der Waals surface area (Å²) < 4.78 is 55.8. The molecule has 1 fully saturated rings. The Balaban J connectivity index is 1.58. The van der Waals surface area contributed by atoms with Crippen molar-refractivity contribution in [3.8, 4) is 0 Å². The van der Waals surface area contributed by atoms with Crippen LogP contribution < -0.4 is 0 Å². The van der Waals surface area contributed by atoms with E-state index in [4.69, 9.17) is 39.6 Å². The van der Waals surface area contributed by atoms with Crippen molar-refractivity contribution in [1.82, 2.24) is 4.90 Å². The lowest BCUT2D eigenvalue weighted by Crippen LogP contribution is -2.45. The molecule has 1 aliphatic heterocycles. The molecule has 0 N–H and O–H groups in total. The molecule has 35 heavy (non-hydrogen) atoms. The van der Waals surface area contributed by atoms with Crippen molar-refractivity contribution in [1.29, 1.82) is 0 Å². The molecular weight excluding hydrogens is 551 g/mol. The van der Waals surface area contributed by atoms with Gasteiger partial charge in [0.05, 0.1) is 37.7 Å². The number of oxime groups is 1. The first-order valence-corrected chi connectivity index (χ1v) is 12.3. The number of hydrogen-bond acceptors (Lipinski definition) is 4. The summed E-state index contributed by atoms with van der Waals surface area (Å²) in [6.07, 6.45) is -4.78. The van der Waals surface area contributed by atoms with Gasteiger partial charge in [-0.05, 0) is 36.1 Å². The number of carbonyl (C=O) groups is 1. The fourth-order valence-electron chi connectivity index (χ4n) is 4.43. The van der Waals surface area contributed by atoms with Crippen LogP contribution in [-0.4, -0.2) is 36.8 Å². The summed E-state index contributed by atoms with van der Waals surface area (Å²) in [5.74, 6) is -0.333. The van der Waals surface area contributed by atoms with Gasteiger partial charge in [-0.2, -0.15) is 17.1 Å². The van der Waals surface area contributed by atoms with Crippen LogP contribution in [0.2, 0.25) is 15.1 Å². The van der Waals surface area contributed by atoms with Crippen LogP contribution in [0.1, 0.15) is 36.0 Å². The van der Waals surface area contributed by atoms with Gasteiger partial charge >= 0.3 is 6.18 Å². The van der Waals surface area contributed by atoms with Crippen LogP contribution in [-0.2, 0) is 20.0 Å². The summed E-state index contributed by atoms with van der Waals surface area (Å²) in [7, 11) is 3.30.